The van der Waals surface area contributed by atoms with Crippen LogP contribution < -0.4 is 5.32 Å². The van der Waals surface area contributed by atoms with Gasteiger partial charge < -0.3 is 5.32 Å². The third kappa shape index (κ3) is 4.38. The first-order valence-corrected chi connectivity index (χ1v) is 9.20. The van der Waals surface area contributed by atoms with Gasteiger partial charge in [-0.2, -0.15) is 0 Å². The van der Waals surface area contributed by atoms with E-state index < -0.39 is 4.92 Å². The van der Waals surface area contributed by atoms with E-state index in [9.17, 15) is 14.9 Å². The van der Waals surface area contributed by atoms with Gasteiger partial charge in [0.05, 0.1) is 15.5 Å². The van der Waals surface area contributed by atoms with Crippen molar-refractivity contribution >= 4 is 23.2 Å². The molecule has 0 saturated heterocycles. The average Bonchev–Trinajstić information content (AvgIpc) is 2.69. The molecule has 0 bridgehead atoms. The van der Waals surface area contributed by atoms with E-state index in [1.165, 1.54) is 18.2 Å². The lowest BCUT2D eigenvalue weighted by Crippen LogP contribution is -2.37. The summed E-state index contributed by atoms with van der Waals surface area (Å²) in [4.78, 5) is 23.1. The predicted molar refractivity (Wildman–Crippen MR) is 110 cm³/mol. The molecule has 3 rings (SSSR count). The number of halogens is 1. The zero-order valence-electron chi connectivity index (χ0n) is 15.2. The first-order chi connectivity index (χ1) is 13.5. The molecule has 0 fully saturated rings. The van der Waals surface area contributed by atoms with Crippen molar-refractivity contribution in [2.24, 2.45) is 0 Å². The van der Waals surface area contributed by atoms with Crippen LogP contribution in [0.2, 0.25) is 5.02 Å². The largest absolute Gasteiger partial charge is 0.349 e. The number of hydrogen-bond donors (Lipinski definition) is 1. The molecule has 5 nitrogen and oxygen atoms in total. The molecule has 0 radical (unpaired) electrons. The highest BCUT2D eigenvalue weighted by molar-refractivity contribution is 6.34. The van der Waals surface area contributed by atoms with E-state index in [0.29, 0.717) is 0 Å². The highest BCUT2D eigenvalue weighted by Gasteiger charge is 2.24. The first kappa shape index (κ1) is 19.6. The second kappa shape index (κ2) is 8.67. The van der Waals surface area contributed by atoms with E-state index in [1.54, 1.807) is 0 Å². The van der Waals surface area contributed by atoms with Crippen LogP contribution in [0.15, 0.2) is 78.9 Å². The molecule has 0 aliphatic heterocycles. The molecule has 142 valence electrons. The van der Waals surface area contributed by atoms with Crippen molar-refractivity contribution in [2.45, 2.75) is 18.9 Å². The van der Waals surface area contributed by atoms with Crippen LogP contribution in [-0.2, 0) is 0 Å². The van der Waals surface area contributed by atoms with Crippen molar-refractivity contribution in [1.29, 1.82) is 0 Å². The van der Waals surface area contributed by atoms with E-state index in [2.05, 4.69) is 5.32 Å². The highest BCUT2D eigenvalue weighted by Crippen LogP contribution is 2.29. The Kier molecular flexibility index (Phi) is 6.06. The van der Waals surface area contributed by atoms with Gasteiger partial charge >= 0.3 is 0 Å². The van der Waals surface area contributed by atoms with Crippen molar-refractivity contribution in [2.75, 3.05) is 0 Å². The fourth-order valence-electron chi connectivity index (χ4n) is 3.26. The van der Waals surface area contributed by atoms with Crippen molar-refractivity contribution < 1.29 is 9.72 Å². The van der Waals surface area contributed by atoms with E-state index in [0.717, 1.165) is 11.1 Å². The fourth-order valence-corrected chi connectivity index (χ4v) is 3.52. The Morgan fingerprint density at radius 3 is 1.96 bits per heavy atom. The maximum Gasteiger partial charge on any atom is 0.270 e. The summed E-state index contributed by atoms with van der Waals surface area (Å²) in [5.41, 5.74) is 2.22. The topological polar surface area (TPSA) is 72.2 Å². The summed E-state index contributed by atoms with van der Waals surface area (Å²) in [5, 5.41) is 13.9. The Labute approximate surface area is 168 Å². The minimum Gasteiger partial charge on any atom is -0.349 e. The number of hydrogen-bond acceptors (Lipinski definition) is 3. The van der Waals surface area contributed by atoms with Crippen molar-refractivity contribution in [3.8, 4) is 0 Å². The van der Waals surface area contributed by atoms with Gasteiger partial charge in [0.2, 0.25) is 0 Å². The molecule has 0 aliphatic carbocycles. The lowest BCUT2D eigenvalue weighted by atomic mass is 9.85. The minimum absolute atomic E-state index is 0.0508. The van der Waals surface area contributed by atoms with Crippen LogP contribution in [0.25, 0.3) is 0 Å². The van der Waals surface area contributed by atoms with Crippen molar-refractivity contribution in [1.82, 2.24) is 5.32 Å². The molecular formula is C22H19ClN2O3. The predicted octanol–water partition coefficient (Wildman–Crippen LogP) is 5.20. The van der Waals surface area contributed by atoms with Gasteiger partial charge in [0.25, 0.3) is 11.6 Å². The van der Waals surface area contributed by atoms with Gasteiger partial charge in [0, 0.05) is 24.1 Å². The number of rotatable bonds is 6. The zero-order chi connectivity index (χ0) is 20.1. The molecule has 6 heteroatoms. The molecule has 3 aromatic carbocycles. The van der Waals surface area contributed by atoms with Crippen LogP contribution in [0.1, 0.15) is 34.3 Å². The molecule has 0 spiro atoms. The number of carbonyl (C=O) groups excluding carboxylic acids is 1. The molecule has 3 aromatic rings. The molecule has 0 saturated carbocycles. The van der Waals surface area contributed by atoms with Crippen LogP contribution in [0.4, 0.5) is 5.69 Å². The third-order valence-electron chi connectivity index (χ3n) is 4.58. The van der Waals surface area contributed by atoms with Crippen molar-refractivity contribution in [3.05, 3.63) is 111 Å². The number of nitrogens with one attached hydrogen (secondary N) is 1. The number of amides is 1. The molecular weight excluding hydrogens is 376 g/mol. The Morgan fingerprint density at radius 2 is 1.50 bits per heavy atom. The lowest BCUT2D eigenvalue weighted by Gasteiger charge is -2.26. The highest BCUT2D eigenvalue weighted by atomic mass is 35.5. The molecule has 0 heterocycles. The summed E-state index contributed by atoms with van der Waals surface area (Å²) in [6, 6.07) is 23.5. The summed E-state index contributed by atoms with van der Waals surface area (Å²) in [6.07, 6.45) is 0. The van der Waals surface area contributed by atoms with E-state index in [1.807, 2.05) is 67.6 Å². The summed E-state index contributed by atoms with van der Waals surface area (Å²) >= 11 is 6.10. The SMILES string of the molecule is CC(NC(=O)c1ccc([N+](=O)[O-])cc1Cl)C(c1ccccc1)c1ccccc1. The van der Waals surface area contributed by atoms with Gasteiger partial charge in [-0.3, -0.25) is 14.9 Å². The Morgan fingerprint density at radius 1 is 0.964 bits per heavy atom. The molecule has 1 atom stereocenters. The van der Waals surface area contributed by atoms with E-state index in [4.69, 9.17) is 11.6 Å². The van der Waals surface area contributed by atoms with Gasteiger partial charge in [0.15, 0.2) is 0 Å². The standard InChI is InChI=1S/C22H19ClN2O3/c1-15(24-22(26)19-13-12-18(25(27)28)14-20(19)23)21(16-8-4-2-5-9-16)17-10-6-3-7-11-17/h2-15,21H,1H3,(H,24,26). The summed E-state index contributed by atoms with van der Waals surface area (Å²) in [5.74, 6) is -0.424. The van der Waals surface area contributed by atoms with Gasteiger partial charge in [-0.05, 0) is 24.1 Å². The number of nitro groups is 1. The average molecular weight is 395 g/mol. The van der Waals surface area contributed by atoms with Crippen LogP contribution in [0.3, 0.4) is 0 Å². The second-order valence-corrected chi connectivity index (χ2v) is 6.89. The Bertz CT molecular complexity index is 938. The Hall–Kier alpha value is -3.18. The third-order valence-corrected chi connectivity index (χ3v) is 4.90. The molecule has 1 amide bonds. The smallest absolute Gasteiger partial charge is 0.270 e. The zero-order valence-corrected chi connectivity index (χ0v) is 16.0. The summed E-state index contributed by atoms with van der Waals surface area (Å²) in [7, 11) is 0. The molecule has 0 aliphatic rings. The Balaban J connectivity index is 1.87. The monoisotopic (exact) mass is 394 g/mol. The van der Waals surface area contributed by atoms with Gasteiger partial charge in [-0.15, -0.1) is 0 Å². The number of benzene rings is 3. The number of nitro benzene ring substituents is 1. The number of carbonyl (C=O) groups is 1. The van der Waals surface area contributed by atoms with Crippen molar-refractivity contribution in [3.63, 3.8) is 0 Å². The number of nitrogens with zero attached hydrogens (tertiary/aromatic N) is 1. The minimum atomic E-state index is -0.545. The summed E-state index contributed by atoms with van der Waals surface area (Å²) < 4.78 is 0. The van der Waals surface area contributed by atoms with Crippen LogP contribution in [-0.4, -0.2) is 16.9 Å². The van der Waals surface area contributed by atoms with Gasteiger partial charge in [0.1, 0.15) is 0 Å². The summed E-state index contributed by atoms with van der Waals surface area (Å²) in [6.45, 7) is 1.93. The van der Waals surface area contributed by atoms with E-state index >= 15 is 0 Å². The van der Waals surface area contributed by atoms with Crippen LogP contribution in [0.5, 0.6) is 0 Å². The first-order valence-electron chi connectivity index (χ1n) is 8.82. The maximum absolute atomic E-state index is 12.8. The molecule has 28 heavy (non-hydrogen) atoms. The van der Waals surface area contributed by atoms with Crippen LogP contribution >= 0.6 is 11.6 Å². The number of non-ortho nitro benzene ring substituents is 1. The lowest BCUT2D eigenvalue weighted by molar-refractivity contribution is -0.384. The molecule has 0 aromatic heterocycles. The normalized spacial score (nSPS) is 11.8. The molecule has 1 N–H and O–H groups in total. The van der Waals surface area contributed by atoms with Gasteiger partial charge in [-0.1, -0.05) is 72.3 Å². The maximum atomic E-state index is 12.8. The quantitative estimate of drug-likeness (QED) is 0.461. The van der Waals surface area contributed by atoms with Crippen LogP contribution in [0, 0.1) is 10.1 Å². The van der Waals surface area contributed by atoms with Gasteiger partial charge in [-0.25, -0.2) is 0 Å². The fraction of sp³-hybridized carbons (Fsp3) is 0.136. The molecule has 1 unspecified atom stereocenters. The van der Waals surface area contributed by atoms with E-state index in [-0.39, 0.29) is 34.1 Å². The second-order valence-electron chi connectivity index (χ2n) is 6.48.